The zero-order valence-corrected chi connectivity index (χ0v) is 21.9. The van der Waals surface area contributed by atoms with Gasteiger partial charge in [0.2, 0.25) is 0 Å². The summed E-state index contributed by atoms with van der Waals surface area (Å²) in [5.41, 5.74) is 6.57. The predicted molar refractivity (Wildman–Crippen MR) is 146 cm³/mol. The molecule has 1 aliphatic rings. The predicted octanol–water partition coefficient (Wildman–Crippen LogP) is 5.23. The van der Waals surface area contributed by atoms with Crippen LogP contribution in [0.3, 0.4) is 0 Å². The summed E-state index contributed by atoms with van der Waals surface area (Å²) in [5.74, 6) is -3.36. The molecule has 3 heterocycles. The Labute approximate surface area is 232 Å². The quantitative estimate of drug-likeness (QED) is 0.287. The first-order valence-corrected chi connectivity index (χ1v) is 13.0. The first-order chi connectivity index (χ1) is 19.7. The third kappa shape index (κ3) is 4.71. The molecule has 0 bridgehead atoms. The van der Waals surface area contributed by atoms with Gasteiger partial charge < -0.3 is 11.1 Å². The summed E-state index contributed by atoms with van der Waals surface area (Å²) in [5, 5.41) is 7.31. The van der Waals surface area contributed by atoms with E-state index in [9.17, 15) is 14.0 Å². The topological polar surface area (TPSA) is 102 Å². The lowest BCUT2D eigenvalue weighted by Crippen LogP contribution is -2.35. The Morgan fingerprint density at radius 2 is 1.78 bits per heavy atom. The van der Waals surface area contributed by atoms with Crippen LogP contribution in [0.25, 0.3) is 16.6 Å². The van der Waals surface area contributed by atoms with E-state index in [2.05, 4.69) is 15.4 Å². The van der Waals surface area contributed by atoms with Crippen LogP contribution in [0, 0.1) is 24.4 Å². The van der Waals surface area contributed by atoms with Crippen LogP contribution in [0.15, 0.2) is 73.1 Å². The summed E-state index contributed by atoms with van der Waals surface area (Å²) in [6, 6.07) is 15.0. The number of hydrogen-bond acceptors (Lipinski definition) is 4. The fourth-order valence-corrected chi connectivity index (χ4v) is 5.13. The van der Waals surface area contributed by atoms with E-state index in [-0.39, 0.29) is 45.4 Å². The molecular weight excluding hydrogens is 531 g/mol. The Morgan fingerprint density at radius 1 is 1.02 bits per heavy atom. The van der Waals surface area contributed by atoms with E-state index in [1.807, 2.05) is 12.1 Å². The number of halogens is 3. The van der Waals surface area contributed by atoms with Gasteiger partial charge in [-0.2, -0.15) is 5.10 Å². The van der Waals surface area contributed by atoms with Gasteiger partial charge >= 0.3 is 0 Å². The van der Waals surface area contributed by atoms with Crippen LogP contribution in [0.4, 0.5) is 13.2 Å². The van der Waals surface area contributed by atoms with Crippen LogP contribution in [0.5, 0.6) is 0 Å². The summed E-state index contributed by atoms with van der Waals surface area (Å²) in [6.45, 7) is 1.48. The van der Waals surface area contributed by atoms with Crippen LogP contribution in [0.2, 0.25) is 0 Å². The van der Waals surface area contributed by atoms with Gasteiger partial charge in [-0.1, -0.05) is 18.2 Å². The Kier molecular flexibility index (Phi) is 6.33. The maximum absolute atomic E-state index is 16.2. The molecular formula is C31H24F3N5O2. The largest absolute Gasteiger partial charge is 0.365 e. The minimum Gasteiger partial charge on any atom is -0.365 e. The highest BCUT2D eigenvalue weighted by molar-refractivity contribution is 6.02. The summed E-state index contributed by atoms with van der Waals surface area (Å²) in [4.78, 5) is 30.1. The lowest BCUT2D eigenvalue weighted by molar-refractivity contribution is 0.0928. The maximum atomic E-state index is 16.2. The molecule has 41 heavy (non-hydrogen) atoms. The maximum Gasteiger partial charge on any atom is 0.252 e. The summed E-state index contributed by atoms with van der Waals surface area (Å²) < 4.78 is 45.9. The van der Waals surface area contributed by atoms with Crippen molar-refractivity contribution in [3.63, 3.8) is 0 Å². The van der Waals surface area contributed by atoms with E-state index >= 15 is 8.78 Å². The monoisotopic (exact) mass is 555 g/mol. The Hall–Kier alpha value is -4.99. The van der Waals surface area contributed by atoms with Crippen LogP contribution < -0.4 is 11.1 Å². The molecule has 2 aromatic carbocycles. The second kappa shape index (κ2) is 9.88. The lowest BCUT2D eigenvalue weighted by atomic mass is 9.96. The Bertz CT molecular complexity index is 1830. The van der Waals surface area contributed by atoms with Crippen molar-refractivity contribution in [1.82, 2.24) is 19.9 Å². The van der Waals surface area contributed by atoms with Gasteiger partial charge in [0.15, 0.2) is 5.82 Å². The highest BCUT2D eigenvalue weighted by Gasteiger charge is 2.47. The van der Waals surface area contributed by atoms with Crippen molar-refractivity contribution in [3.8, 4) is 11.1 Å². The number of nitrogens with two attached hydrogens (primary N) is 1. The molecule has 6 rings (SSSR count). The standard InChI is InChI=1S/C31H24F3N5O2/c1-17-22(15-19(16-23(17)33)30(41)37-31(10-11-31)25-4-2-3-12-36-25)21-9-13-39-28(27(21)34)26(29(35)40)24(38-39)14-18-5-7-20(32)8-6-18/h2-9,12-13,15-16H,10-11,14H2,1H3,(H2,35,40)(H,37,41). The second-order valence-corrected chi connectivity index (χ2v) is 10.2. The molecule has 1 saturated carbocycles. The molecule has 206 valence electrons. The molecule has 1 aliphatic carbocycles. The minimum atomic E-state index is -0.895. The number of rotatable bonds is 7. The SMILES string of the molecule is Cc1c(F)cc(C(=O)NC2(c3ccccn3)CC2)cc1-c1ccn2nc(Cc3ccc(F)cc3)c(C(N)=O)c2c1F. The van der Waals surface area contributed by atoms with Gasteiger partial charge in [-0.3, -0.25) is 14.6 Å². The van der Waals surface area contributed by atoms with Gasteiger partial charge in [-0.05, 0) is 78.9 Å². The van der Waals surface area contributed by atoms with Crippen molar-refractivity contribution in [3.05, 3.63) is 124 Å². The molecule has 0 spiro atoms. The van der Waals surface area contributed by atoms with E-state index < -0.39 is 34.8 Å². The number of carbonyl (C=O) groups is 2. The fourth-order valence-electron chi connectivity index (χ4n) is 5.13. The van der Waals surface area contributed by atoms with Gasteiger partial charge in [-0.15, -0.1) is 0 Å². The first kappa shape index (κ1) is 26.2. The highest BCUT2D eigenvalue weighted by Crippen LogP contribution is 2.44. The molecule has 0 radical (unpaired) electrons. The molecule has 2 amide bonds. The lowest BCUT2D eigenvalue weighted by Gasteiger charge is -2.18. The number of nitrogens with one attached hydrogen (secondary N) is 1. The summed E-state index contributed by atoms with van der Waals surface area (Å²) in [6.07, 6.45) is 4.58. The normalized spacial score (nSPS) is 13.8. The number of pyridine rings is 2. The summed E-state index contributed by atoms with van der Waals surface area (Å²) in [7, 11) is 0. The van der Waals surface area contributed by atoms with Crippen molar-refractivity contribution in [2.75, 3.05) is 0 Å². The zero-order chi connectivity index (χ0) is 28.9. The molecule has 0 unspecified atom stereocenters. The number of fused-ring (bicyclic) bond motifs is 1. The van der Waals surface area contributed by atoms with Gasteiger partial charge in [0.1, 0.15) is 17.2 Å². The van der Waals surface area contributed by atoms with E-state index in [1.165, 1.54) is 54.0 Å². The van der Waals surface area contributed by atoms with Crippen LogP contribution in [0.1, 0.15) is 56.1 Å². The summed E-state index contributed by atoms with van der Waals surface area (Å²) >= 11 is 0. The van der Waals surface area contributed by atoms with Crippen molar-refractivity contribution in [2.24, 2.45) is 5.73 Å². The molecule has 3 aromatic heterocycles. The smallest absolute Gasteiger partial charge is 0.252 e. The number of hydrogen-bond donors (Lipinski definition) is 2. The average Bonchev–Trinajstić information content (AvgIpc) is 3.64. The number of aromatic nitrogens is 3. The number of benzene rings is 2. The molecule has 0 atom stereocenters. The van der Waals surface area contributed by atoms with Crippen molar-refractivity contribution < 1.29 is 22.8 Å². The van der Waals surface area contributed by atoms with E-state index in [0.29, 0.717) is 24.1 Å². The van der Waals surface area contributed by atoms with Crippen LogP contribution in [-0.2, 0) is 12.0 Å². The third-order valence-electron chi connectivity index (χ3n) is 7.50. The molecule has 3 N–H and O–H groups in total. The Balaban J connectivity index is 1.40. The number of amides is 2. The van der Waals surface area contributed by atoms with Gasteiger partial charge in [0.25, 0.3) is 11.8 Å². The average molecular weight is 556 g/mol. The minimum absolute atomic E-state index is 0.0187. The molecule has 5 aromatic rings. The zero-order valence-electron chi connectivity index (χ0n) is 21.9. The van der Waals surface area contributed by atoms with Gasteiger partial charge in [0.05, 0.1) is 22.5 Å². The van der Waals surface area contributed by atoms with Crippen LogP contribution in [-0.4, -0.2) is 26.4 Å². The molecule has 0 aliphatic heterocycles. The van der Waals surface area contributed by atoms with Gasteiger partial charge in [-0.25, -0.2) is 17.7 Å². The molecule has 0 saturated heterocycles. The number of carbonyl (C=O) groups excluding carboxylic acids is 2. The molecule has 7 nitrogen and oxygen atoms in total. The second-order valence-electron chi connectivity index (χ2n) is 10.2. The third-order valence-corrected chi connectivity index (χ3v) is 7.50. The highest BCUT2D eigenvalue weighted by atomic mass is 19.1. The van der Waals surface area contributed by atoms with E-state index in [1.54, 1.807) is 12.3 Å². The first-order valence-electron chi connectivity index (χ1n) is 13.0. The van der Waals surface area contributed by atoms with Crippen LogP contribution >= 0.6 is 0 Å². The van der Waals surface area contributed by atoms with E-state index in [4.69, 9.17) is 5.73 Å². The van der Waals surface area contributed by atoms with Crippen molar-refractivity contribution in [2.45, 2.75) is 31.7 Å². The van der Waals surface area contributed by atoms with Crippen molar-refractivity contribution in [1.29, 1.82) is 0 Å². The number of primary amides is 1. The van der Waals surface area contributed by atoms with Crippen molar-refractivity contribution >= 4 is 17.3 Å². The molecule has 10 heteroatoms. The Morgan fingerprint density at radius 3 is 2.44 bits per heavy atom. The van der Waals surface area contributed by atoms with E-state index in [0.717, 1.165) is 6.07 Å². The molecule has 1 fully saturated rings. The fraction of sp³-hybridized carbons (Fsp3) is 0.161. The van der Waals surface area contributed by atoms with Gasteiger partial charge in [0, 0.05) is 29.9 Å². The number of nitrogens with zero attached hydrogens (tertiary/aromatic N) is 3.